The number of hydrogen-bond donors (Lipinski definition) is 1. The van der Waals surface area contributed by atoms with Gasteiger partial charge in [-0.05, 0) is 6.92 Å². The Hall–Kier alpha value is -2.11. The number of aryl methyl sites for hydroxylation is 1. The van der Waals surface area contributed by atoms with Gasteiger partial charge in [0.05, 0.1) is 19.2 Å². The van der Waals surface area contributed by atoms with Crippen molar-refractivity contribution in [3.05, 3.63) is 23.7 Å². The number of aliphatic carboxylic acids is 1. The minimum Gasteiger partial charge on any atom is -0.482 e. The number of imidazole rings is 1. The SMILES string of the molecule is COc1cc(C)nc2nc(CC(=O)O)cn12. The van der Waals surface area contributed by atoms with Crippen LogP contribution in [0.3, 0.4) is 0 Å². The van der Waals surface area contributed by atoms with Crippen LogP contribution >= 0.6 is 0 Å². The van der Waals surface area contributed by atoms with Gasteiger partial charge in [-0.2, -0.15) is 0 Å². The summed E-state index contributed by atoms with van der Waals surface area (Å²) in [4.78, 5) is 18.9. The number of carboxylic acids is 1. The third kappa shape index (κ3) is 1.81. The maximum absolute atomic E-state index is 10.6. The molecule has 0 radical (unpaired) electrons. The van der Waals surface area contributed by atoms with Crippen LogP contribution in [-0.2, 0) is 11.2 Å². The molecule has 16 heavy (non-hydrogen) atoms. The van der Waals surface area contributed by atoms with Crippen molar-refractivity contribution in [1.29, 1.82) is 0 Å². The van der Waals surface area contributed by atoms with Gasteiger partial charge in [0.2, 0.25) is 11.7 Å². The summed E-state index contributed by atoms with van der Waals surface area (Å²) in [5.74, 6) is 0.124. The zero-order valence-corrected chi connectivity index (χ0v) is 8.97. The van der Waals surface area contributed by atoms with Crippen LogP contribution in [0.5, 0.6) is 5.88 Å². The van der Waals surface area contributed by atoms with Crippen LogP contribution < -0.4 is 4.74 Å². The van der Waals surface area contributed by atoms with E-state index in [9.17, 15) is 4.79 Å². The average Bonchev–Trinajstić information content (AvgIpc) is 2.57. The van der Waals surface area contributed by atoms with E-state index in [0.717, 1.165) is 5.69 Å². The molecule has 0 aliphatic rings. The Labute approximate surface area is 91.5 Å². The lowest BCUT2D eigenvalue weighted by Crippen LogP contribution is -1.99. The standard InChI is InChI=1S/C10H11N3O3/c1-6-3-8(16-2)13-5-7(4-9(14)15)12-10(13)11-6/h3,5H,4H2,1-2H3,(H,14,15). The topological polar surface area (TPSA) is 76.7 Å². The summed E-state index contributed by atoms with van der Waals surface area (Å²) in [6.45, 7) is 1.83. The molecule has 0 aliphatic carbocycles. The Morgan fingerprint density at radius 1 is 1.56 bits per heavy atom. The van der Waals surface area contributed by atoms with Crippen LogP contribution in [0.15, 0.2) is 12.3 Å². The number of nitrogens with zero attached hydrogens (tertiary/aromatic N) is 3. The fraction of sp³-hybridized carbons (Fsp3) is 0.300. The normalized spacial score (nSPS) is 10.6. The summed E-state index contributed by atoms with van der Waals surface area (Å²) < 4.78 is 6.79. The van der Waals surface area contributed by atoms with Gasteiger partial charge < -0.3 is 9.84 Å². The van der Waals surface area contributed by atoms with E-state index in [1.165, 1.54) is 0 Å². The van der Waals surface area contributed by atoms with Crippen molar-refractivity contribution in [2.75, 3.05) is 7.11 Å². The first-order valence-electron chi connectivity index (χ1n) is 4.71. The second-order valence-electron chi connectivity index (χ2n) is 3.41. The Balaban J connectivity index is 2.55. The lowest BCUT2D eigenvalue weighted by molar-refractivity contribution is -0.136. The first kappa shape index (κ1) is 10.4. The Bertz CT molecular complexity index is 547. The number of carboxylic acid groups (broad SMARTS) is 1. The molecule has 1 N–H and O–H groups in total. The number of ether oxygens (including phenoxy) is 1. The zero-order valence-electron chi connectivity index (χ0n) is 8.97. The largest absolute Gasteiger partial charge is 0.482 e. The molecular formula is C10H11N3O3. The Morgan fingerprint density at radius 3 is 2.94 bits per heavy atom. The third-order valence-electron chi connectivity index (χ3n) is 2.12. The van der Waals surface area contributed by atoms with Gasteiger partial charge in [-0.15, -0.1) is 0 Å². The number of methoxy groups -OCH3 is 1. The molecule has 0 aromatic carbocycles. The molecule has 0 bridgehead atoms. The minimum absolute atomic E-state index is 0.119. The maximum atomic E-state index is 10.6. The van der Waals surface area contributed by atoms with E-state index in [4.69, 9.17) is 9.84 Å². The molecule has 84 valence electrons. The van der Waals surface area contributed by atoms with E-state index in [1.54, 1.807) is 23.8 Å². The van der Waals surface area contributed by atoms with Crippen molar-refractivity contribution in [1.82, 2.24) is 14.4 Å². The molecule has 0 aliphatic heterocycles. The van der Waals surface area contributed by atoms with Crippen LogP contribution in [0.25, 0.3) is 5.78 Å². The molecule has 2 rings (SSSR count). The molecule has 6 nitrogen and oxygen atoms in total. The zero-order chi connectivity index (χ0) is 11.7. The lowest BCUT2D eigenvalue weighted by Gasteiger charge is -2.03. The minimum atomic E-state index is -0.918. The third-order valence-corrected chi connectivity index (χ3v) is 2.12. The van der Waals surface area contributed by atoms with E-state index in [1.807, 2.05) is 6.92 Å². The molecule has 0 saturated carbocycles. The highest BCUT2D eigenvalue weighted by Crippen LogP contribution is 2.15. The Kier molecular flexibility index (Phi) is 2.47. The first-order chi connectivity index (χ1) is 7.60. The highest BCUT2D eigenvalue weighted by atomic mass is 16.5. The summed E-state index contributed by atoms with van der Waals surface area (Å²) in [6.07, 6.45) is 1.50. The molecule has 2 aromatic heterocycles. The fourth-order valence-electron chi connectivity index (χ4n) is 1.49. The molecule has 2 aromatic rings. The number of fused-ring (bicyclic) bond motifs is 1. The molecule has 0 atom stereocenters. The quantitative estimate of drug-likeness (QED) is 0.824. The van der Waals surface area contributed by atoms with E-state index in [0.29, 0.717) is 17.4 Å². The van der Waals surface area contributed by atoms with Crippen molar-refractivity contribution >= 4 is 11.7 Å². The van der Waals surface area contributed by atoms with Crippen LogP contribution in [0.1, 0.15) is 11.4 Å². The summed E-state index contributed by atoms with van der Waals surface area (Å²) in [5.41, 5.74) is 1.24. The number of hydrogen-bond acceptors (Lipinski definition) is 4. The molecule has 0 amide bonds. The molecule has 2 heterocycles. The first-order valence-corrected chi connectivity index (χ1v) is 4.71. The highest BCUT2D eigenvalue weighted by Gasteiger charge is 2.10. The summed E-state index contributed by atoms with van der Waals surface area (Å²) >= 11 is 0. The highest BCUT2D eigenvalue weighted by molar-refractivity contribution is 5.69. The Morgan fingerprint density at radius 2 is 2.31 bits per heavy atom. The van der Waals surface area contributed by atoms with Crippen molar-refractivity contribution in [2.24, 2.45) is 0 Å². The monoisotopic (exact) mass is 221 g/mol. The van der Waals surface area contributed by atoms with Gasteiger partial charge in [0.1, 0.15) is 0 Å². The number of aromatic nitrogens is 3. The van der Waals surface area contributed by atoms with Gasteiger partial charge >= 0.3 is 5.97 Å². The molecule has 0 unspecified atom stereocenters. The second kappa shape index (κ2) is 3.80. The summed E-state index contributed by atoms with van der Waals surface area (Å²) in [5, 5.41) is 8.67. The summed E-state index contributed by atoms with van der Waals surface area (Å²) in [7, 11) is 1.55. The van der Waals surface area contributed by atoms with Crippen molar-refractivity contribution in [2.45, 2.75) is 13.3 Å². The van der Waals surface area contributed by atoms with Gasteiger partial charge in [0, 0.05) is 18.0 Å². The average molecular weight is 221 g/mol. The van der Waals surface area contributed by atoms with Gasteiger partial charge in [0.15, 0.2) is 0 Å². The smallest absolute Gasteiger partial charge is 0.309 e. The number of carbonyl (C=O) groups is 1. The maximum Gasteiger partial charge on any atom is 0.309 e. The van der Waals surface area contributed by atoms with Crippen molar-refractivity contribution in [3.63, 3.8) is 0 Å². The van der Waals surface area contributed by atoms with Gasteiger partial charge in [-0.1, -0.05) is 0 Å². The van der Waals surface area contributed by atoms with Gasteiger partial charge in [0.25, 0.3) is 0 Å². The fourth-order valence-corrected chi connectivity index (χ4v) is 1.49. The van der Waals surface area contributed by atoms with Gasteiger partial charge in [-0.3, -0.25) is 9.20 Å². The van der Waals surface area contributed by atoms with Gasteiger partial charge in [-0.25, -0.2) is 9.97 Å². The van der Waals surface area contributed by atoms with Crippen LogP contribution in [0.4, 0.5) is 0 Å². The van der Waals surface area contributed by atoms with Crippen molar-refractivity contribution in [3.8, 4) is 5.88 Å². The van der Waals surface area contributed by atoms with Crippen LogP contribution in [0.2, 0.25) is 0 Å². The predicted molar refractivity (Wildman–Crippen MR) is 55.6 cm³/mol. The van der Waals surface area contributed by atoms with Crippen LogP contribution in [0, 0.1) is 6.92 Å². The molecule has 0 spiro atoms. The molecule has 6 heteroatoms. The van der Waals surface area contributed by atoms with E-state index < -0.39 is 5.97 Å². The lowest BCUT2D eigenvalue weighted by atomic mass is 10.3. The predicted octanol–water partition coefficient (Wildman–Crippen LogP) is 0.673. The molecule has 0 saturated heterocycles. The summed E-state index contributed by atoms with van der Waals surface area (Å²) in [6, 6.07) is 1.76. The molecular weight excluding hydrogens is 210 g/mol. The van der Waals surface area contributed by atoms with E-state index >= 15 is 0 Å². The second-order valence-corrected chi connectivity index (χ2v) is 3.41. The van der Waals surface area contributed by atoms with E-state index in [-0.39, 0.29) is 6.42 Å². The van der Waals surface area contributed by atoms with Crippen molar-refractivity contribution < 1.29 is 14.6 Å². The van der Waals surface area contributed by atoms with E-state index in [2.05, 4.69) is 9.97 Å². The molecule has 0 fully saturated rings. The van der Waals surface area contributed by atoms with Crippen LogP contribution in [-0.4, -0.2) is 32.6 Å². The number of rotatable bonds is 3.